The van der Waals surface area contributed by atoms with Crippen LogP contribution in [0.3, 0.4) is 0 Å². The minimum atomic E-state index is 0.212. The van der Waals surface area contributed by atoms with Gasteiger partial charge < -0.3 is 5.11 Å². The quantitative estimate of drug-likeness (QED) is 0.798. The highest BCUT2D eigenvalue weighted by atomic mass is 32.2. The van der Waals surface area contributed by atoms with Crippen molar-refractivity contribution in [3.8, 4) is 11.4 Å². The summed E-state index contributed by atoms with van der Waals surface area (Å²) in [5.41, 5.74) is 1.86. The number of aromatic nitrogens is 5. The van der Waals surface area contributed by atoms with E-state index in [0.717, 1.165) is 22.1 Å². The number of thiazole rings is 1. The predicted octanol–water partition coefficient (Wildman–Crippen LogP) is 2.54. The Bertz CT molecular complexity index is 707. The second-order valence-electron chi connectivity index (χ2n) is 3.95. The van der Waals surface area contributed by atoms with Crippen LogP contribution in [0.15, 0.2) is 39.1 Å². The summed E-state index contributed by atoms with van der Waals surface area (Å²) in [6.45, 7) is 2.07. The zero-order valence-corrected chi connectivity index (χ0v) is 12.2. The van der Waals surface area contributed by atoms with Gasteiger partial charge in [0.15, 0.2) is 4.34 Å². The van der Waals surface area contributed by atoms with E-state index in [1.54, 1.807) is 40.3 Å². The molecule has 3 aromatic rings. The number of phenolic OH excluding ortho intramolecular Hbond substituents is 1. The monoisotopic (exact) mass is 305 g/mol. The van der Waals surface area contributed by atoms with Crippen molar-refractivity contribution in [3.05, 3.63) is 35.3 Å². The summed E-state index contributed by atoms with van der Waals surface area (Å²) in [6, 6.07) is 6.72. The molecule has 0 spiro atoms. The van der Waals surface area contributed by atoms with Gasteiger partial charge in [-0.15, -0.1) is 16.4 Å². The fraction of sp³-hybridized carbons (Fsp3) is 0.167. The fourth-order valence-electron chi connectivity index (χ4n) is 1.57. The average molecular weight is 305 g/mol. The predicted molar refractivity (Wildman–Crippen MR) is 76.4 cm³/mol. The molecule has 3 rings (SSSR count). The van der Waals surface area contributed by atoms with E-state index >= 15 is 0 Å². The van der Waals surface area contributed by atoms with Crippen LogP contribution >= 0.6 is 23.1 Å². The number of hydrogen-bond donors (Lipinski definition) is 1. The minimum Gasteiger partial charge on any atom is -0.508 e. The molecule has 0 aliphatic rings. The van der Waals surface area contributed by atoms with Crippen LogP contribution in [0.25, 0.3) is 5.69 Å². The minimum absolute atomic E-state index is 0.212. The third-order valence-corrected chi connectivity index (χ3v) is 4.53. The van der Waals surface area contributed by atoms with Crippen molar-refractivity contribution in [2.45, 2.75) is 22.8 Å². The van der Waals surface area contributed by atoms with E-state index in [2.05, 4.69) is 27.4 Å². The van der Waals surface area contributed by atoms with Gasteiger partial charge in [0.1, 0.15) is 5.75 Å². The first-order chi connectivity index (χ1) is 9.76. The smallest absolute Gasteiger partial charge is 0.221 e. The van der Waals surface area contributed by atoms with Crippen molar-refractivity contribution in [2.24, 2.45) is 0 Å². The maximum atomic E-state index is 9.31. The van der Waals surface area contributed by atoms with Crippen molar-refractivity contribution in [3.63, 3.8) is 0 Å². The van der Waals surface area contributed by atoms with Gasteiger partial charge in [-0.05, 0) is 52.9 Å². The molecule has 0 atom stereocenters. The van der Waals surface area contributed by atoms with Gasteiger partial charge in [0, 0.05) is 5.38 Å². The Hall–Kier alpha value is -1.93. The first-order valence-corrected chi connectivity index (χ1v) is 7.66. The molecule has 0 aliphatic carbocycles. The van der Waals surface area contributed by atoms with Gasteiger partial charge in [0.25, 0.3) is 0 Å². The second kappa shape index (κ2) is 5.59. The molecule has 0 amide bonds. The number of hydrogen-bond acceptors (Lipinski definition) is 7. The van der Waals surface area contributed by atoms with Crippen LogP contribution < -0.4 is 0 Å². The lowest BCUT2D eigenvalue weighted by atomic mass is 10.3. The van der Waals surface area contributed by atoms with E-state index in [1.165, 1.54) is 11.8 Å². The van der Waals surface area contributed by atoms with Crippen LogP contribution in [0, 0.1) is 0 Å². The fourth-order valence-corrected chi connectivity index (χ4v) is 3.39. The molecular formula is C12H11N5OS2. The summed E-state index contributed by atoms with van der Waals surface area (Å²) in [5, 5.41) is 23.7. The zero-order valence-electron chi connectivity index (χ0n) is 10.6. The Morgan fingerprint density at radius 3 is 2.80 bits per heavy atom. The van der Waals surface area contributed by atoms with Crippen LogP contribution in [0.5, 0.6) is 5.75 Å². The van der Waals surface area contributed by atoms with E-state index in [-0.39, 0.29) is 5.75 Å². The maximum absolute atomic E-state index is 9.31. The van der Waals surface area contributed by atoms with Crippen LogP contribution in [-0.2, 0) is 6.42 Å². The van der Waals surface area contributed by atoms with Crippen LogP contribution in [-0.4, -0.2) is 30.3 Å². The van der Waals surface area contributed by atoms with E-state index in [0.29, 0.717) is 5.16 Å². The summed E-state index contributed by atoms with van der Waals surface area (Å²) in [7, 11) is 0. The number of tetrazole rings is 1. The van der Waals surface area contributed by atoms with Gasteiger partial charge in [0.2, 0.25) is 5.16 Å². The van der Waals surface area contributed by atoms with E-state index in [4.69, 9.17) is 0 Å². The molecule has 0 aliphatic heterocycles. The number of phenols is 1. The largest absolute Gasteiger partial charge is 0.508 e. The van der Waals surface area contributed by atoms with Crippen LogP contribution in [0.4, 0.5) is 0 Å². The van der Waals surface area contributed by atoms with Gasteiger partial charge in [-0.25, -0.2) is 4.98 Å². The molecule has 2 aromatic heterocycles. The molecule has 0 bridgehead atoms. The maximum Gasteiger partial charge on any atom is 0.221 e. The molecule has 20 heavy (non-hydrogen) atoms. The number of nitrogens with zero attached hydrogens (tertiary/aromatic N) is 5. The normalized spacial score (nSPS) is 10.8. The molecule has 0 fully saturated rings. The molecule has 0 radical (unpaired) electrons. The van der Waals surface area contributed by atoms with Crippen LogP contribution in [0.2, 0.25) is 0 Å². The third-order valence-electron chi connectivity index (χ3n) is 2.61. The Labute approximate surface area is 123 Å². The highest BCUT2D eigenvalue weighted by molar-refractivity contribution is 8.00. The molecule has 1 N–H and O–H groups in total. The van der Waals surface area contributed by atoms with E-state index < -0.39 is 0 Å². The van der Waals surface area contributed by atoms with Crippen molar-refractivity contribution in [1.82, 2.24) is 25.2 Å². The molecule has 0 unspecified atom stereocenters. The lowest BCUT2D eigenvalue weighted by molar-refractivity contribution is 0.475. The van der Waals surface area contributed by atoms with Crippen molar-refractivity contribution >= 4 is 23.1 Å². The summed E-state index contributed by atoms with van der Waals surface area (Å²) < 4.78 is 2.54. The third kappa shape index (κ3) is 2.66. The summed E-state index contributed by atoms with van der Waals surface area (Å²) in [6.07, 6.45) is 0.917. The molecule has 8 heteroatoms. The zero-order chi connectivity index (χ0) is 13.9. The Morgan fingerprint density at radius 2 is 2.10 bits per heavy atom. The summed E-state index contributed by atoms with van der Waals surface area (Å²) >= 11 is 3.01. The highest BCUT2D eigenvalue weighted by Gasteiger charge is 2.12. The van der Waals surface area contributed by atoms with Crippen molar-refractivity contribution in [2.75, 3.05) is 0 Å². The van der Waals surface area contributed by atoms with E-state index in [9.17, 15) is 5.11 Å². The van der Waals surface area contributed by atoms with Gasteiger partial charge in [-0.2, -0.15) is 4.68 Å². The molecule has 2 heterocycles. The number of aromatic hydroxyl groups is 1. The number of benzene rings is 1. The molecule has 0 saturated carbocycles. The lowest BCUT2D eigenvalue weighted by Crippen LogP contribution is -1.98. The van der Waals surface area contributed by atoms with Gasteiger partial charge in [-0.3, -0.25) is 0 Å². The first kappa shape index (κ1) is 13.1. The average Bonchev–Trinajstić information content (AvgIpc) is 3.09. The molecule has 6 nitrogen and oxygen atoms in total. The van der Waals surface area contributed by atoms with Crippen LogP contribution in [0.1, 0.15) is 12.6 Å². The Morgan fingerprint density at radius 1 is 1.30 bits per heavy atom. The van der Waals surface area contributed by atoms with Gasteiger partial charge >= 0.3 is 0 Å². The van der Waals surface area contributed by atoms with Crippen molar-refractivity contribution < 1.29 is 5.11 Å². The summed E-state index contributed by atoms with van der Waals surface area (Å²) in [4.78, 5) is 4.49. The molecular weight excluding hydrogens is 294 g/mol. The number of rotatable bonds is 4. The topological polar surface area (TPSA) is 76.7 Å². The second-order valence-corrected chi connectivity index (χ2v) is 6.02. The highest BCUT2D eigenvalue weighted by Crippen LogP contribution is 2.30. The van der Waals surface area contributed by atoms with Gasteiger partial charge in [0.05, 0.1) is 11.4 Å². The van der Waals surface area contributed by atoms with Crippen molar-refractivity contribution in [1.29, 1.82) is 0 Å². The number of aryl methyl sites for hydroxylation is 1. The standard InChI is InChI=1S/C12H11N5OS2/c1-2-8-7-19-12(13-8)20-11-14-15-16-17(11)9-3-5-10(18)6-4-9/h3-7,18H,2H2,1H3. The summed E-state index contributed by atoms with van der Waals surface area (Å²) in [5.74, 6) is 0.212. The van der Waals surface area contributed by atoms with E-state index in [1.807, 2.05) is 5.38 Å². The Balaban J connectivity index is 1.88. The SMILES string of the molecule is CCc1csc(Sc2nnnn2-c2ccc(O)cc2)n1. The molecule has 0 saturated heterocycles. The lowest BCUT2D eigenvalue weighted by Gasteiger charge is -2.02. The Kier molecular flexibility index (Phi) is 3.66. The molecule has 102 valence electrons. The molecule has 1 aromatic carbocycles. The van der Waals surface area contributed by atoms with Gasteiger partial charge in [-0.1, -0.05) is 6.92 Å². The first-order valence-electron chi connectivity index (χ1n) is 5.96.